The number of nitrogens with one attached hydrogen (secondary N) is 1. The molecule has 160 valence electrons. The first kappa shape index (κ1) is 20.8. The number of anilines is 1. The Hall–Kier alpha value is -3.45. The van der Waals surface area contributed by atoms with Crippen LogP contribution in [0.25, 0.3) is 11.3 Å². The monoisotopic (exact) mass is 418 g/mol. The lowest BCUT2D eigenvalue weighted by Gasteiger charge is -2.27. The number of benzene rings is 2. The number of morpholine rings is 1. The zero-order valence-electron chi connectivity index (χ0n) is 17.7. The summed E-state index contributed by atoms with van der Waals surface area (Å²) in [5, 5.41) is 3.04. The minimum Gasteiger partial charge on any atom is -0.497 e. The average molecular weight is 418 g/mol. The molecule has 4 rings (SSSR count). The highest BCUT2D eigenvalue weighted by atomic mass is 16.5. The first-order valence-electron chi connectivity index (χ1n) is 10.3. The Kier molecular flexibility index (Phi) is 6.43. The molecular formula is C24H26N4O3. The number of aromatic nitrogens is 2. The fraction of sp³-hybridized carbons (Fsp3) is 0.292. The Morgan fingerprint density at radius 3 is 2.61 bits per heavy atom. The molecule has 0 aliphatic carbocycles. The van der Waals surface area contributed by atoms with E-state index in [-0.39, 0.29) is 11.9 Å². The summed E-state index contributed by atoms with van der Waals surface area (Å²) in [6, 6.07) is 17.0. The van der Waals surface area contributed by atoms with Gasteiger partial charge in [-0.15, -0.1) is 0 Å². The molecule has 1 N–H and O–H groups in total. The van der Waals surface area contributed by atoms with Crippen LogP contribution in [0.5, 0.6) is 5.75 Å². The van der Waals surface area contributed by atoms with Crippen molar-refractivity contribution in [2.45, 2.75) is 13.0 Å². The van der Waals surface area contributed by atoms with Crippen molar-refractivity contribution in [1.29, 1.82) is 0 Å². The zero-order chi connectivity index (χ0) is 21.6. The lowest BCUT2D eigenvalue weighted by molar-refractivity contribution is 0.0940. The van der Waals surface area contributed by atoms with Gasteiger partial charge in [-0.25, -0.2) is 9.97 Å². The van der Waals surface area contributed by atoms with E-state index in [9.17, 15) is 4.79 Å². The number of rotatable bonds is 6. The molecular weight excluding hydrogens is 392 g/mol. The van der Waals surface area contributed by atoms with Gasteiger partial charge in [-0.05, 0) is 36.8 Å². The third-order valence-corrected chi connectivity index (χ3v) is 5.37. The maximum atomic E-state index is 12.7. The fourth-order valence-corrected chi connectivity index (χ4v) is 3.54. The highest BCUT2D eigenvalue weighted by molar-refractivity contribution is 5.94. The fourth-order valence-electron chi connectivity index (χ4n) is 3.54. The van der Waals surface area contributed by atoms with Gasteiger partial charge in [-0.2, -0.15) is 0 Å². The van der Waals surface area contributed by atoms with Crippen LogP contribution in [0.3, 0.4) is 0 Å². The van der Waals surface area contributed by atoms with Gasteiger partial charge >= 0.3 is 0 Å². The van der Waals surface area contributed by atoms with Gasteiger partial charge in [-0.1, -0.05) is 24.3 Å². The quantitative estimate of drug-likeness (QED) is 0.661. The van der Waals surface area contributed by atoms with E-state index >= 15 is 0 Å². The Bertz CT molecular complexity index is 1030. The Morgan fingerprint density at radius 1 is 1.10 bits per heavy atom. The van der Waals surface area contributed by atoms with E-state index in [1.54, 1.807) is 13.4 Å². The number of nitrogens with zero attached hydrogens (tertiary/aromatic N) is 3. The van der Waals surface area contributed by atoms with Crippen molar-refractivity contribution in [3.05, 3.63) is 72.1 Å². The van der Waals surface area contributed by atoms with E-state index in [0.717, 1.165) is 41.5 Å². The molecule has 1 amide bonds. The molecule has 0 bridgehead atoms. The molecule has 2 aromatic carbocycles. The standard InChI is InChI=1S/C24H26N4O3/c1-17(20-4-3-5-21(14-20)30-2)27-24(29)19-8-6-18(7-9-19)22-15-23(26-16-25-22)28-10-12-31-13-11-28/h3-9,14-17H,10-13H2,1-2H3,(H,27,29)/t17-/m0/s1. The smallest absolute Gasteiger partial charge is 0.251 e. The molecule has 1 fully saturated rings. The van der Waals surface area contributed by atoms with Gasteiger partial charge in [0.1, 0.15) is 17.9 Å². The number of carbonyl (C=O) groups is 1. The molecule has 1 aliphatic heterocycles. The van der Waals surface area contributed by atoms with Crippen LogP contribution in [0, 0.1) is 0 Å². The lowest BCUT2D eigenvalue weighted by Crippen LogP contribution is -2.36. The lowest BCUT2D eigenvalue weighted by atomic mass is 10.1. The number of ether oxygens (including phenoxy) is 2. The Morgan fingerprint density at radius 2 is 1.87 bits per heavy atom. The maximum Gasteiger partial charge on any atom is 0.251 e. The van der Waals surface area contributed by atoms with Crippen LogP contribution in [0.15, 0.2) is 60.9 Å². The third kappa shape index (κ3) is 5.00. The van der Waals surface area contributed by atoms with Crippen molar-refractivity contribution in [3.8, 4) is 17.0 Å². The molecule has 2 heterocycles. The van der Waals surface area contributed by atoms with Crippen molar-refractivity contribution in [2.24, 2.45) is 0 Å². The first-order chi connectivity index (χ1) is 15.1. The molecule has 0 radical (unpaired) electrons. The normalized spacial score (nSPS) is 14.7. The van der Waals surface area contributed by atoms with Gasteiger partial charge in [-0.3, -0.25) is 4.79 Å². The van der Waals surface area contributed by atoms with Gasteiger partial charge in [0.25, 0.3) is 5.91 Å². The Balaban J connectivity index is 1.44. The molecule has 7 nitrogen and oxygen atoms in total. The third-order valence-electron chi connectivity index (χ3n) is 5.37. The van der Waals surface area contributed by atoms with Crippen LogP contribution in [-0.4, -0.2) is 49.3 Å². The predicted octanol–water partition coefficient (Wildman–Crippen LogP) is 3.48. The largest absolute Gasteiger partial charge is 0.497 e. The number of hydrogen-bond donors (Lipinski definition) is 1. The summed E-state index contributed by atoms with van der Waals surface area (Å²) in [5.74, 6) is 1.53. The molecule has 0 spiro atoms. The minimum absolute atomic E-state index is 0.126. The average Bonchev–Trinajstić information content (AvgIpc) is 2.84. The van der Waals surface area contributed by atoms with Gasteiger partial charge in [0.05, 0.1) is 32.1 Å². The second kappa shape index (κ2) is 9.57. The van der Waals surface area contributed by atoms with Gasteiger partial charge in [0.2, 0.25) is 0 Å². The summed E-state index contributed by atoms with van der Waals surface area (Å²) < 4.78 is 10.7. The highest BCUT2D eigenvalue weighted by Gasteiger charge is 2.15. The molecule has 0 saturated carbocycles. The number of carbonyl (C=O) groups excluding carboxylic acids is 1. The molecule has 1 aromatic heterocycles. The van der Waals surface area contributed by atoms with Crippen molar-refractivity contribution in [2.75, 3.05) is 38.3 Å². The van der Waals surface area contributed by atoms with Crippen LogP contribution >= 0.6 is 0 Å². The molecule has 31 heavy (non-hydrogen) atoms. The molecule has 7 heteroatoms. The molecule has 1 aliphatic rings. The summed E-state index contributed by atoms with van der Waals surface area (Å²) >= 11 is 0. The van der Waals surface area contributed by atoms with E-state index in [4.69, 9.17) is 9.47 Å². The summed E-state index contributed by atoms with van der Waals surface area (Å²) in [6.07, 6.45) is 1.58. The van der Waals surface area contributed by atoms with Crippen LogP contribution in [0.4, 0.5) is 5.82 Å². The van der Waals surface area contributed by atoms with Crippen molar-refractivity contribution < 1.29 is 14.3 Å². The summed E-state index contributed by atoms with van der Waals surface area (Å²) in [5.41, 5.74) is 3.35. The maximum absolute atomic E-state index is 12.7. The predicted molar refractivity (Wildman–Crippen MR) is 119 cm³/mol. The van der Waals surface area contributed by atoms with Crippen LogP contribution in [0.1, 0.15) is 28.9 Å². The van der Waals surface area contributed by atoms with Crippen LogP contribution < -0.4 is 15.0 Å². The SMILES string of the molecule is COc1cccc([C@H](C)NC(=O)c2ccc(-c3cc(N4CCOCC4)ncn3)cc2)c1. The number of hydrogen-bond acceptors (Lipinski definition) is 6. The van der Waals surface area contributed by atoms with Gasteiger partial charge in [0, 0.05) is 30.3 Å². The second-order valence-electron chi connectivity index (χ2n) is 7.41. The summed E-state index contributed by atoms with van der Waals surface area (Å²) in [4.78, 5) is 23.7. The topological polar surface area (TPSA) is 76.6 Å². The molecule has 1 atom stereocenters. The van der Waals surface area contributed by atoms with E-state index in [2.05, 4.69) is 20.2 Å². The first-order valence-corrected chi connectivity index (χ1v) is 10.3. The zero-order valence-corrected chi connectivity index (χ0v) is 17.7. The molecule has 3 aromatic rings. The van der Waals surface area contributed by atoms with E-state index in [1.807, 2.05) is 61.5 Å². The molecule has 1 saturated heterocycles. The second-order valence-corrected chi connectivity index (χ2v) is 7.41. The van der Waals surface area contributed by atoms with Crippen molar-refractivity contribution in [1.82, 2.24) is 15.3 Å². The molecule has 0 unspecified atom stereocenters. The van der Waals surface area contributed by atoms with Crippen molar-refractivity contribution in [3.63, 3.8) is 0 Å². The highest BCUT2D eigenvalue weighted by Crippen LogP contribution is 2.23. The van der Waals surface area contributed by atoms with E-state index in [1.165, 1.54) is 0 Å². The van der Waals surface area contributed by atoms with Crippen molar-refractivity contribution >= 4 is 11.7 Å². The van der Waals surface area contributed by atoms with Crippen LogP contribution in [0.2, 0.25) is 0 Å². The minimum atomic E-state index is -0.139. The summed E-state index contributed by atoms with van der Waals surface area (Å²) in [7, 11) is 1.63. The van der Waals surface area contributed by atoms with Gasteiger partial charge in [0.15, 0.2) is 0 Å². The Labute approximate surface area is 182 Å². The number of methoxy groups -OCH3 is 1. The number of amides is 1. The van der Waals surface area contributed by atoms with E-state index in [0.29, 0.717) is 18.8 Å². The summed E-state index contributed by atoms with van der Waals surface area (Å²) in [6.45, 7) is 5.01. The van der Waals surface area contributed by atoms with Gasteiger partial charge < -0.3 is 19.7 Å². The van der Waals surface area contributed by atoms with E-state index < -0.39 is 0 Å². The van der Waals surface area contributed by atoms with Crippen LogP contribution in [-0.2, 0) is 4.74 Å².